The van der Waals surface area contributed by atoms with Crippen molar-refractivity contribution in [3.63, 3.8) is 0 Å². The van der Waals surface area contributed by atoms with Gasteiger partial charge in [0.15, 0.2) is 0 Å². The Hall–Kier alpha value is -2.25. The number of halogens is 3. The number of ether oxygens (including phenoxy) is 1. The molecule has 1 saturated heterocycles. The fourth-order valence-corrected chi connectivity index (χ4v) is 2.11. The Labute approximate surface area is 125 Å². The maximum Gasteiger partial charge on any atom is 0.573 e. The summed E-state index contributed by atoms with van der Waals surface area (Å²) in [4.78, 5) is 24.9. The number of rotatable bonds is 3. The minimum Gasteiger partial charge on any atom is -0.406 e. The second-order valence-electron chi connectivity index (χ2n) is 4.85. The van der Waals surface area contributed by atoms with Crippen molar-refractivity contribution in [2.24, 2.45) is 0 Å². The zero-order chi connectivity index (χ0) is 16.2. The summed E-state index contributed by atoms with van der Waals surface area (Å²) >= 11 is 0. The first-order valence-corrected chi connectivity index (χ1v) is 6.73. The number of nitrogens with one attached hydrogen (secondary N) is 1. The van der Waals surface area contributed by atoms with E-state index in [1.807, 2.05) is 0 Å². The van der Waals surface area contributed by atoms with Crippen LogP contribution in [0.4, 0.5) is 13.2 Å². The molecule has 1 heterocycles. The number of carbonyl (C=O) groups excluding carboxylic acids is 2. The highest BCUT2D eigenvalue weighted by molar-refractivity contribution is 5.81. The van der Waals surface area contributed by atoms with Gasteiger partial charge in [-0.15, -0.1) is 13.2 Å². The lowest BCUT2D eigenvalue weighted by atomic mass is 10.1. The van der Waals surface area contributed by atoms with Crippen molar-refractivity contribution in [3.05, 3.63) is 29.8 Å². The zero-order valence-corrected chi connectivity index (χ0v) is 11.7. The van der Waals surface area contributed by atoms with E-state index < -0.39 is 6.36 Å². The van der Waals surface area contributed by atoms with Gasteiger partial charge in [0.05, 0.1) is 6.42 Å². The fourth-order valence-electron chi connectivity index (χ4n) is 2.11. The maximum absolute atomic E-state index is 12.1. The van der Waals surface area contributed by atoms with Gasteiger partial charge in [-0.1, -0.05) is 12.1 Å². The van der Waals surface area contributed by atoms with Crippen LogP contribution in [0.5, 0.6) is 5.75 Å². The largest absolute Gasteiger partial charge is 0.573 e. The van der Waals surface area contributed by atoms with Gasteiger partial charge < -0.3 is 15.0 Å². The molecule has 120 valence electrons. The van der Waals surface area contributed by atoms with Gasteiger partial charge in [0.25, 0.3) is 0 Å². The monoisotopic (exact) mass is 316 g/mol. The van der Waals surface area contributed by atoms with Crippen LogP contribution in [0, 0.1) is 0 Å². The summed E-state index contributed by atoms with van der Waals surface area (Å²) in [7, 11) is 0. The highest BCUT2D eigenvalue weighted by Crippen LogP contribution is 2.22. The lowest BCUT2D eigenvalue weighted by molar-refractivity contribution is -0.274. The van der Waals surface area contributed by atoms with Crippen molar-refractivity contribution in [2.45, 2.75) is 19.2 Å². The molecule has 1 aromatic carbocycles. The third kappa shape index (κ3) is 4.94. The minimum absolute atomic E-state index is 0.0699. The molecule has 1 aliphatic heterocycles. The molecule has 2 amide bonds. The molecule has 1 fully saturated rings. The van der Waals surface area contributed by atoms with E-state index in [1.165, 1.54) is 24.3 Å². The molecule has 0 aromatic heterocycles. The summed E-state index contributed by atoms with van der Waals surface area (Å²) < 4.78 is 39.9. The highest BCUT2D eigenvalue weighted by Gasteiger charge is 2.31. The van der Waals surface area contributed by atoms with E-state index in [0.29, 0.717) is 25.2 Å². The quantitative estimate of drug-likeness (QED) is 0.919. The van der Waals surface area contributed by atoms with E-state index in [0.717, 1.165) is 0 Å². The van der Waals surface area contributed by atoms with Gasteiger partial charge in [-0.3, -0.25) is 9.59 Å². The van der Waals surface area contributed by atoms with E-state index in [1.54, 1.807) is 4.90 Å². The molecule has 1 N–H and O–H groups in total. The van der Waals surface area contributed by atoms with E-state index in [-0.39, 0.29) is 30.4 Å². The summed E-state index contributed by atoms with van der Waals surface area (Å²) in [5.41, 5.74) is 0.586. The van der Waals surface area contributed by atoms with Crippen LogP contribution in [-0.2, 0) is 16.0 Å². The molecule has 8 heteroatoms. The number of hydrogen-bond donors (Lipinski definition) is 1. The SMILES string of the molecule is O=C1CCN(C(=O)Cc2ccc(OC(F)(F)F)cc2)CCN1. The molecule has 0 bridgehead atoms. The second kappa shape index (κ2) is 6.67. The summed E-state index contributed by atoms with van der Waals surface area (Å²) in [5.74, 6) is -0.585. The van der Waals surface area contributed by atoms with E-state index in [4.69, 9.17) is 0 Å². The van der Waals surface area contributed by atoms with E-state index >= 15 is 0 Å². The van der Waals surface area contributed by atoms with Gasteiger partial charge in [-0.2, -0.15) is 0 Å². The molecule has 22 heavy (non-hydrogen) atoms. The Morgan fingerprint density at radius 1 is 1.23 bits per heavy atom. The third-order valence-corrected chi connectivity index (χ3v) is 3.18. The number of benzene rings is 1. The van der Waals surface area contributed by atoms with Crippen LogP contribution in [0.1, 0.15) is 12.0 Å². The molecule has 1 aliphatic rings. The lowest BCUT2D eigenvalue weighted by Gasteiger charge is -2.19. The second-order valence-corrected chi connectivity index (χ2v) is 4.85. The predicted molar refractivity (Wildman–Crippen MR) is 71.0 cm³/mol. The molecular formula is C14H15F3N2O3. The van der Waals surface area contributed by atoms with E-state index in [2.05, 4.69) is 10.1 Å². The molecule has 1 aromatic rings. The number of nitrogens with zero attached hydrogens (tertiary/aromatic N) is 1. The van der Waals surface area contributed by atoms with Gasteiger partial charge in [0.2, 0.25) is 11.8 Å². The van der Waals surface area contributed by atoms with Crippen LogP contribution >= 0.6 is 0 Å². The van der Waals surface area contributed by atoms with Crippen LogP contribution in [0.25, 0.3) is 0 Å². The Morgan fingerprint density at radius 3 is 2.55 bits per heavy atom. The number of hydrogen-bond acceptors (Lipinski definition) is 3. The average Bonchev–Trinajstić information content (AvgIpc) is 2.64. The minimum atomic E-state index is -4.73. The predicted octanol–water partition coefficient (Wildman–Crippen LogP) is 1.48. The zero-order valence-electron chi connectivity index (χ0n) is 11.7. The topological polar surface area (TPSA) is 58.6 Å². The standard InChI is InChI=1S/C14H15F3N2O3/c15-14(16,17)22-11-3-1-10(2-4-11)9-13(21)19-7-5-12(20)18-6-8-19/h1-4H,5-9H2,(H,18,20). The Morgan fingerprint density at radius 2 is 1.91 bits per heavy atom. The van der Waals surface area contributed by atoms with Gasteiger partial charge in [-0.05, 0) is 17.7 Å². The first-order chi connectivity index (χ1) is 10.3. The van der Waals surface area contributed by atoms with Crippen LogP contribution in [0.15, 0.2) is 24.3 Å². The maximum atomic E-state index is 12.1. The molecule has 0 spiro atoms. The highest BCUT2D eigenvalue weighted by atomic mass is 19.4. The molecular weight excluding hydrogens is 301 g/mol. The van der Waals surface area contributed by atoms with Crippen molar-refractivity contribution >= 4 is 11.8 Å². The molecule has 5 nitrogen and oxygen atoms in total. The van der Waals surface area contributed by atoms with Crippen molar-refractivity contribution in [3.8, 4) is 5.75 Å². The summed E-state index contributed by atoms with van der Waals surface area (Å²) in [6, 6.07) is 5.17. The Kier molecular flexibility index (Phi) is 4.89. The number of alkyl halides is 3. The van der Waals surface area contributed by atoms with Gasteiger partial charge in [0, 0.05) is 26.1 Å². The molecule has 0 atom stereocenters. The molecule has 0 unspecified atom stereocenters. The van der Waals surface area contributed by atoms with Crippen LogP contribution < -0.4 is 10.1 Å². The van der Waals surface area contributed by atoms with Crippen molar-refractivity contribution in [1.82, 2.24) is 10.2 Å². The smallest absolute Gasteiger partial charge is 0.406 e. The molecule has 0 radical (unpaired) electrons. The van der Waals surface area contributed by atoms with Gasteiger partial charge >= 0.3 is 6.36 Å². The lowest BCUT2D eigenvalue weighted by Crippen LogP contribution is -2.35. The fraction of sp³-hybridized carbons (Fsp3) is 0.429. The average molecular weight is 316 g/mol. The Balaban J connectivity index is 1.92. The summed E-state index contributed by atoms with van der Waals surface area (Å²) in [5, 5.41) is 2.67. The van der Waals surface area contributed by atoms with Crippen molar-refractivity contribution in [2.75, 3.05) is 19.6 Å². The van der Waals surface area contributed by atoms with Crippen molar-refractivity contribution < 1.29 is 27.5 Å². The molecule has 2 rings (SSSR count). The van der Waals surface area contributed by atoms with Crippen LogP contribution in [0.3, 0.4) is 0 Å². The third-order valence-electron chi connectivity index (χ3n) is 3.18. The first-order valence-electron chi connectivity index (χ1n) is 6.73. The molecule has 0 aliphatic carbocycles. The first kappa shape index (κ1) is 16.1. The normalized spacial score (nSPS) is 16.0. The van der Waals surface area contributed by atoms with Crippen molar-refractivity contribution in [1.29, 1.82) is 0 Å². The Bertz CT molecular complexity index is 543. The van der Waals surface area contributed by atoms with Crippen LogP contribution in [0.2, 0.25) is 0 Å². The van der Waals surface area contributed by atoms with Crippen LogP contribution in [-0.4, -0.2) is 42.7 Å². The van der Waals surface area contributed by atoms with Gasteiger partial charge in [0.1, 0.15) is 5.75 Å². The number of carbonyl (C=O) groups is 2. The number of amides is 2. The van der Waals surface area contributed by atoms with Gasteiger partial charge in [-0.25, -0.2) is 0 Å². The summed E-state index contributed by atoms with van der Waals surface area (Å²) in [6.07, 6.45) is -4.41. The summed E-state index contributed by atoms with van der Waals surface area (Å²) in [6.45, 7) is 1.18. The molecule has 0 saturated carbocycles. The van der Waals surface area contributed by atoms with E-state index in [9.17, 15) is 22.8 Å².